The van der Waals surface area contributed by atoms with Crippen molar-refractivity contribution in [2.45, 2.75) is 13.8 Å². The Balaban J connectivity index is 2.31. The summed E-state index contributed by atoms with van der Waals surface area (Å²) in [4.78, 5) is 0. The first-order valence-corrected chi connectivity index (χ1v) is 5.73. The van der Waals surface area contributed by atoms with Crippen LogP contribution < -0.4 is 15.8 Å². The van der Waals surface area contributed by atoms with Crippen LogP contribution in [0, 0.1) is 13.8 Å². The van der Waals surface area contributed by atoms with Gasteiger partial charge < -0.3 is 15.8 Å². The van der Waals surface area contributed by atoms with Crippen LogP contribution in [0.1, 0.15) is 11.3 Å². The fourth-order valence-electron chi connectivity index (χ4n) is 1.92. The van der Waals surface area contributed by atoms with Gasteiger partial charge >= 0.3 is 0 Å². The number of anilines is 3. The number of nitrogens with one attached hydrogen (secondary N) is 1. The maximum absolute atomic E-state index is 5.97. The standard InChI is InChI=1S/C13H18N4O/c1-8-7-10(5-6-11(8)18-4)15-13-12(14)9(2)16-17(13)3/h5-7,15H,14H2,1-4H3. The van der Waals surface area contributed by atoms with Crippen molar-refractivity contribution in [3.8, 4) is 5.75 Å². The molecule has 0 unspecified atom stereocenters. The van der Waals surface area contributed by atoms with Gasteiger partial charge in [-0.1, -0.05) is 0 Å². The smallest absolute Gasteiger partial charge is 0.152 e. The van der Waals surface area contributed by atoms with Crippen molar-refractivity contribution in [2.24, 2.45) is 7.05 Å². The van der Waals surface area contributed by atoms with Crippen LogP contribution in [-0.4, -0.2) is 16.9 Å². The molecule has 5 nitrogen and oxygen atoms in total. The Hall–Kier alpha value is -2.17. The SMILES string of the molecule is COc1ccc(Nc2c(N)c(C)nn2C)cc1C. The zero-order chi connectivity index (χ0) is 13.3. The number of rotatable bonds is 3. The molecule has 18 heavy (non-hydrogen) atoms. The molecule has 0 aliphatic carbocycles. The van der Waals surface area contributed by atoms with Crippen molar-refractivity contribution < 1.29 is 4.74 Å². The highest BCUT2D eigenvalue weighted by atomic mass is 16.5. The van der Waals surface area contributed by atoms with E-state index in [1.807, 2.05) is 39.1 Å². The monoisotopic (exact) mass is 246 g/mol. The minimum atomic E-state index is 0.672. The third-order valence-electron chi connectivity index (χ3n) is 2.93. The quantitative estimate of drug-likeness (QED) is 0.872. The van der Waals surface area contributed by atoms with Crippen LogP contribution >= 0.6 is 0 Å². The Morgan fingerprint density at radius 1 is 1.33 bits per heavy atom. The first kappa shape index (κ1) is 12.3. The number of methoxy groups -OCH3 is 1. The normalized spacial score (nSPS) is 10.4. The molecule has 0 aliphatic heterocycles. The van der Waals surface area contributed by atoms with Crippen LogP contribution in [-0.2, 0) is 7.05 Å². The van der Waals surface area contributed by atoms with Gasteiger partial charge in [0.05, 0.1) is 18.5 Å². The van der Waals surface area contributed by atoms with E-state index in [9.17, 15) is 0 Å². The van der Waals surface area contributed by atoms with E-state index in [1.54, 1.807) is 11.8 Å². The van der Waals surface area contributed by atoms with E-state index in [0.29, 0.717) is 5.69 Å². The van der Waals surface area contributed by atoms with Crippen molar-refractivity contribution in [3.05, 3.63) is 29.5 Å². The molecule has 3 N–H and O–H groups in total. The van der Waals surface area contributed by atoms with Crippen molar-refractivity contribution >= 4 is 17.2 Å². The maximum Gasteiger partial charge on any atom is 0.152 e. The lowest BCUT2D eigenvalue weighted by molar-refractivity contribution is 0.412. The number of nitrogens with zero attached hydrogens (tertiary/aromatic N) is 2. The zero-order valence-electron chi connectivity index (χ0n) is 11.1. The van der Waals surface area contributed by atoms with Crippen LogP contribution in [0.15, 0.2) is 18.2 Å². The van der Waals surface area contributed by atoms with E-state index in [2.05, 4.69) is 10.4 Å². The Bertz CT molecular complexity index is 575. The van der Waals surface area contributed by atoms with Crippen LogP contribution in [0.5, 0.6) is 5.75 Å². The summed E-state index contributed by atoms with van der Waals surface area (Å²) in [6.45, 7) is 3.89. The van der Waals surface area contributed by atoms with Gasteiger partial charge in [-0.25, -0.2) is 0 Å². The number of nitrogens with two attached hydrogens (primary N) is 1. The average molecular weight is 246 g/mol. The fourth-order valence-corrected chi connectivity index (χ4v) is 1.92. The highest BCUT2D eigenvalue weighted by Crippen LogP contribution is 2.27. The summed E-state index contributed by atoms with van der Waals surface area (Å²) in [7, 11) is 3.53. The first-order valence-electron chi connectivity index (χ1n) is 5.73. The van der Waals surface area contributed by atoms with E-state index in [-0.39, 0.29) is 0 Å². The fraction of sp³-hybridized carbons (Fsp3) is 0.308. The van der Waals surface area contributed by atoms with Crippen molar-refractivity contribution in [3.63, 3.8) is 0 Å². The second kappa shape index (κ2) is 4.60. The van der Waals surface area contributed by atoms with E-state index < -0.39 is 0 Å². The number of benzene rings is 1. The van der Waals surface area contributed by atoms with Gasteiger partial charge in [0.2, 0.25) is 0 Å². The molecule has 2 rings (SSSR count). The molecule has 5 heteroatoms. The van der Waals surface area contributed by atoms with E-state index >= 15 is 0 Å². The highest BCUT2D eigenvalue weighted by molar-refractivity contribution is 5.71. The number of hydrogen-bond donors (Lipinski definition) is 2. The lowest BCUT2D eigenvalue weighted by Gasteiger charge is -2.10. The molecule has 1 heterocycles. The third-order valence-corrected chi connectivity index (χ3v) is 2.93. The molecule has 2 aromatic rings. The minimum Gasteiger partial charge on any atom is -0.496 e. The van der Waals surface area contributed by atoms with Gasteiger partial charge in [0, 0.05) is 12.7 Å². The molecule has 0 aliphatic rings. The molecular weight excluding hydrogens is 228 g/mol. The number of hydrogen-bond acceptors (Lipinski definition) is 4. The average Bonchev–Trinajstić information content (AvgIpc) is 2.56. The molecule has 0 radical (unpaired) electrons. The van der Waals surface area contributed by atoms with E-state index in [4.69, 9.17) is 10.5 Å². The molecule has 0 saturated heterocycles. The minimum absolute atomic E-state index is 0.672. The van der Waals surface area contributed by atoms with Gasteiger partial charge in [0.15, 0.2) is 5.82 Å². The van der Waals surface area contributed by atoms with Gasteiger partial charge in [0.1, 0.15) is 5.75 Å². The van der Waals surface area contributed by atoms with Gasteiger partial charge in [0.25, 0.3) is 0 Å². The second-order valence-electron chi connectivity index (χ2n) is 4.28. The molecular formula is C13H18N4O. The van der Waals surface area contributed by atoms with Crippen LogP contribution in [0.25, 0.3) is 0 Å². The van der Waals surface area contributed by atoms with Crippen LogP contribution in [0.2, 0.25) is 0 Å². The van der Waals surface area contributed by atoms with Gasteiger partial charge in [-0.3, -0.25) is 4.68 Å². The third kappa shape index (κ3) is 2.11. The number of aryl methyl sites for hydroxylation is 3. The lowest BCUT2D eigenvalue weighted by atomic mass is 10.2. The largest absolute Gasteiger partial charge is 0.496 e. The second-order valence-corrected chi connectivity index (χ2v) is 4.28. The van der Waals surface area contributed by atoms with Crippen LogP contribution in [0.3, 0.4) is 0 Å². The molecule has 1 aromatic carbocycles. The number of ether oxygens (including phenoxy) is 1. The summed E-state index contributed by atoms with van der Waals surface area (Å²) >= 11 is 0. The summed E-state index contributed by atoms with van der Waals surface area (Å²) in [6.07, 6.45) is 0. The Morgan fingerprint density at radius 3 is 2.56 bits per heavy atom. The molecule has 0 saturated carbocycles. The lowest BCUT2D eigenvalue weighted by Crippen LogP contribution is -2.01. The van der Waals surface area contributed by atoms with Gasteiger partial charge in [-0.15, -0.1) is 0 Å². The molecule has 96 valence electrons. The molecule has 0 amide bonds. The maximum atomic E-state index is 5.97. The molecule has 0 fully saturated rings. The Morgan fingerprint density at radius 2 is 2.06 bits per heavy atom. The van der Waals surface area contributed by atoms with E-state index in [1.165, 1.54) is 0 Å². The Kier molecular flexibility index (Phi) is 3.14. The molecule has 0 atom stereocenters. The summed E-state index contributed by atoms with van der Waals surface area (Å²) in [5, 5.41) is 7.54. The summed E-state index contributed by atoms with van der Waals surface area (Å²) in [5.41, 5.74) is 9.50. The molecule has 0 spiro atoms. The predicted molar refractivity (Wildman–Crippen MR) is 73.4 cm³/mol. The van der Waals surface area contributed by atoms with Gasteiger partial charge in [-0.2, -0.15) is 5.10 Å². The van der Waals surface area contributed by atoms with E-state index in [0.717, 1.165) is 28.5 Å². The highest BCUT2D eigenvalue weighted by Gasteiger charge is 2.10. The van der Waals surface area contributed by atoms with Gasteiger partial charge in [-0.05, 0) is 37.6 Å². The summed E-state index contributed by atoms with van der Waals surface area (Å²) < 4.78 is 6.97. The van der Waals surface area contributed by atoms with Crippen molar-refractivity contribution in [2.75, 3.05) is 18.2 Å². The summed E-state index contributed by atoms with van der Waals surface area (Å²) in [6, 6.07) is 5.89. The first-order chi connectivity index (χ1) is 8.52. The van der Waals surface area contributed by atoms with Crippen molar-refractivity contribution in [1.29, 1.82) is 0 Å². The van der Waals surface area contributed by atoms with Crippen LogP contribution in [0.4, 0.5) is 17.2 Å². The molecule has 1 aromatic heterocycles. The Labute approximate surface area is 107 Å². The zero-order valence-corrected chi connectivity index (χ0v) is 11.1. The number of nitrogen functional groups attached to an aromatic ring is 1. The molecule has 0 bridgehead atoms. The predicted octanol–water partition coefficient (Wildman–Crippen LogP) is 2.37. The topological polar surface area (TPSA) is 65.1 Å². The number of aromatic nitrogens is 2. The van der Waals surface area contributed by atoms with Crippen molar-refractivity contribution in [1.82, 2.24) is 9.78 Å². The summed E-state index contributed by atoms with van der Waals surface area (Å²) in [5.74, 6) is 1.67.